The van der Waals surface area contributed by atoms with Crippen molar-refractivity contribution in [2.45, 2.75) is 12.8 Å². The lowest BCUT2D eigenvalue weighted by molar-refractivity contribution is 0.0957. The largest absolute Gasteiger partial charge is 0.351 e. The summed E-state index contributed by atoms with van der Waals surface area (Å²) in [4.78, 5) is 19.6. The van der Waals surface area contributed by atoms with Crippen molar-refractivity contribution < 1.29 is 4.79 Å². The number of imidazole rings is 1. The fraction of sp³-hybridized carbons (Fsp3) is 0.273. The van der Waals surface area contributed by atoms with E-state index >= 15 is 0 Å². The van der Waals surface area contributed by atoms with Crippen molar-refractivity contribution in [2.75, 3.05) is 6.54 Å². The van der Waals surface area contributed by atoms with Crippen LogP contribution in [-0.4, -0.2) is 22.4 Å². The van der Waals surface area contributed by atoms with Crippen LogP contribution in [0, 0.1) is 0 Å². The molecule has 0 aliphatic heterocycles. The van der Waals surface area contributed by atoms with E-state index < -0.39 is 0 Å². The topological polar surface area (TPSA) is 57.8 Å². The van der Waals surface area contributed by atoms with Crippen LogP contribution in [0.2, 0.25) is 0 Å². The lowest BCUT2D eigenvalue weighted by Crippen LogP contribution is -2.23. The van der Waals surface area contributed by atoms with E-state index in [0.717, 1.165) is 27.3 Å². The molecule has 0 aromatic carbocycles. The number of rotatable bonds is 5. The van der Waals surface area contributed by atoms with Gasteiger partial charge >= 0.3 is 0 Å². The zero-order valence-corrected chi connectivity index (χ0v) is 11.5. The molecule has 17 heavy (non-hydrogen) atoms. The molecule has 0 bridgehead atoms. The summed E-state index contributed by atoms with van der Waals surface area (Å²) in [7, 11) is 0. The summed E-state index contributed by atoms with van der Waals surface area (Å²) in [5.41, 5.74) is 0. The normalized spacial score (nSPS) is 10.4. The van der Waals surface area contributed by atoms with Crippen molar-refractivity contribution in [1.82, 2.24) is 15.3 Å². The second-order valence-electron chi connectivity index (χ2n) is 3.50. The van der Waals surface area contributed by atoms with Gasteiger partial charge in [0.15, 0.2) is 0 Å². The molecule has 0 fully saturated rings. The second-order valence-corrected chi connectivity index (χ2v) is 5.96. The maximum absolute atomic E-state index is 11.7. The van der Waals surface area contributed by atoms with Crippen LogP contribution < -0.4 is 5.32 Å². The van der Waals surface area contributed by atoms with Gasteiger partial charge in [0, 0.05) is 25.4 Å². The van der Waals surface area contributed by atoms with Gasteiger partial charge in [0.1, 0.15) is 5.82 Å². The summed E-state index contributed by atoms with van der Waals surface area (Å²) < 4.78 is 0.971. The van der Waals surface area contributed by atoms with Crippen LogP contribution in [0.5, 0.6) is 0 Å². The number of nitrogens with zero attached hydrogens (tertiary/aromatic N) is 1. The minimum Gasteiger partial charge on any atom is -0.351 e. The van der Waals surface area contributed by atoms with Gasteiger partial charge in [-0.05, 0) is 34.5 Å². The molecule has 0 aliphatic carbocycles. The van der Waals surface area contributed by atoms with Crippen LogP contribution in [0.25, 0.3) is 0 Å². The summed E-state index contributed by atoms with van der Waals surface area (Å²) in [5, 5.41) is 2.88. The number of halogens is 1. The fourth-order valence-electron chi connectivity index (χ4n) is 1.42. The summed E-state index contributed by atoms with van der Waals surface area (Å²) >= 11 is 4.77. The van der Waals surface area contributed by atoms with Gasteiger partial charge in [-0.1, -0.05) is 0 Å². The van der Waals surface area contributed by atoms with E-state index in [1.807, 2.05) is 12.1 Å². The number of nitrogens with one attached hydrogen (secondary N) is 2. The Hall–Kier alpha value is -1.14. The van der Waals surface area contributed by atoms with Crippen LogP contribution in [0.4, 0.5) is 0 Å². The lowest BCUT2D eigenvalue weighted by Gasteiger charge is -2.02. The first-order valence-electron chi connectivity index (χ1n) is 5.27. The second kappa shape index (κ2) is 5.97. The molecule has 0 aliphatic rings. The molecule has 2 aromatic rings. The van der Waals surface area contributed by atoms with E-state index in [1.165, 1.54) is 11.3 Å². The third-order valence-electron chi connectivity index (χ3n) is 2.23. The summed E-state index contributed by atoms with van der Waals surface area (Å²) in [6, 6.07) is 3.69. The smallest absolute Gasteiger partial charge is 0.261 e. The molecule has 4 nitrogen and oxygen atoms in total. The molecule has 0 radical (unpaired) electrons. The van der Waals surface area contributed by atoms with Gasteiger partial charge in [0.2, 0.25) is 0 Å². The third-order valence-corrected chi connectivity index (χ3v) is 3.85. The standard InChI is InChI=1S/C11H12BrN3OS/c12-9-4-3-8(17-9)11(16)15-5-1-2-10-13-6-7-14-10/h3-4,6-7H,1-2,5H2,(H,13,14)(H,15,16). The molecule has 2 N–H and O–H groups in total. The molecule has 0 atom stereocenters. The van der Waals surface area contributed by atoms with E-state index in [0.29, 0.717) is 6.54 Å². The lowest BCUT2D eigenvalue weighted by atomic mass is 10.3. The van der Waals surface area contributed by atoms with Gasteiger partial charge in [-0.15, -0.1) is 11.3 Å². The highest BCUT2D eigenvalue weighted by molar-refractivity contribution is 9.11. The Morgan fingerprint density at radius 1 is 1.53 bits per heavy atom. The highest BCUT2D eigenvalue weighted by Crippen LogP contribution is 2.21. The number of thiophene rings is 1. The number of H-pyrrole nitrogens is 1. The van der Waals surface area contributed by atoms with Gasteiger partial charge in [0.25, 0.3) is 5.91 Å². The van der Waals surface area contributed by atoms with Gasteiger partial charge in [0.05, 0.1) is 8.66 Å². The number of aromatic amines is 1. The number of aryl methyl sites for hydroxylation is 1. The van der Waals surface area contributed by atoms with Gasteiger partial charge in [-0.2, -0.15) is 0 Å². The Balaban J connectivity index is 1.70. The highest BCUT2D eigenvalue weighted by atomic mass is 79.9. The van der Waals surface area contributed by atoms with Crippen molar-refractivity contribution in [3.8, 4) is 0 Å². The minimum absolute atomic E-state index is 0.0138. The highest BCUT2D eigenvalue weighted by Gasteiger charge is 2.07. The third kappa shape index (κ3) is 3.67. The number of hydrogen-bond donors (Lipinski definition) is 2. The monoisotopic (exact) mass is 313 g/mol. The minimum atomic E-state index is -0.0138. The van der Waals surface area contributed by atoms with Crippen LogP contribution in [0.15, 0.2) is 28.3 Å². The van der Waals surface area contributed by atoms with Crippen molar-refractivity contribution in [1.29, 1.82) is 0 Å². The first kappa shape index (κ1) is 12.3. The van der Waals surface area contributed by atoms with E-state index in [-0.39, 0.29) is 5.91 Å². The molecule has 0 saturated heterocycles. The quantitative estimate of drug-likeness (QED) is 0.834. The van der Waals surface area contributed by atoms with Crippen LogP contribution in [0.1, 0.15) is 21.9 Å². The van der Waals surface area contributed by atoms with Gasteiger partial charge in [-0.25, -0.2) is 4.98 Å². The molecule has 0 saturated carbocycles. The molecule has 6 heteroatoms. The van der Waals surface area contributed by atoms with Crippen LogP contribution >= 0.6 is 27.3 Å². The zero-order chi connectivity index (χ0) is 12.1. The van der Waals surface area contributed by atoms with Crippen LogP contribution in [-0.2, 0) is 6.42 Å². The Kier molecular flexibility index (Phi) is 4.33. The van der Waals surface area contributed by atoms with Crippen molar-refractivity contribution >= 4 is 33.2 Å². The molecule has 0 unspecified atom stereocenters. The van der Waals surface area contributed by atoms with Crippen molar-refractivity contribution in [3.63, 3.8) is 0 Å². The molecule has 2 heterocycles. The van der Waals surface area contributed by atoms with Crippen LogP contribution in [0.3, 0.4) is 0 Å². The summed E-state index contributed by atoms with van der Waals surface area (Å²) in [6.07, 6.45) is 5.27. The van der Waals surface area contributed by atoms with E-state index in [4.69, 9.17) is 0 Å². The predicted molar refractivity (Wildman–Crippen MR) is 71.3 cm³/mol. The average molecular weight is 314 g/mol. The van der Waals surface area contributed by atoms with E-state index in [9.17, 15) is 4.79 Å². The van der Waals surface area contributed by atoms with E-state index in [1.54, 1.807) is 12.4 Å². The van der Waals surface area contributed by atoms with Crippen molar-refractivity contribution in [2.24, 2.45) is 0 Å². The number of amides is 1. The number of carbonyl (C=O) groups excluding carboxylic acids is 1. The SMILES string of the molecule is O=C(NCCCc1ncc[nH]1)c1ccc(Br)s1. The van der Waals surface area contributed by atoms with Crippen molar-refractivity contribution in [3.05, 3.63) is 39.0 Å². The van der Waals surface area contributed by atoms with Gasteiger partial charge < -0.3 is 10.3 Å². The average Bonchev–Trinajstić information content (AvgIpc) is 2.95. The molecule has 2 rings (SSSR count). The molecule has 90 valence electrons. The number of hydrogen-bond acceptors (Lipinski definition) is 3. The fourth-order valence-corrected chi connectivity index (χ4v) is 2.72. The van der Waals surface area contributed by atoms with E-state index in [2.05, 4.69) is 31.2 Å². The Morgan fingerprint density at radius 2 is 2.41 bits per heavy atom. The Labute approximate surface area is 112 Å². The number of carbonyl (C=O) groups is 1. The maximum atomic E-state index is 11.7. The molecule has 0 spiro atoms. The first-order valence-corrected chi connectivity index (χ1v) is 6.88. The molecular formula is C11H12BrN3OS. The summed E-state index contributed by atoms with van der Waals surface area (Å²) in [6.45, 7) is 0.662. The molecule has 1 amide bonds. The Bertz CT molecular complexity index is 481. The van der Waals surface area contributed by atoms with Gasteiger partial charge in [-0.3, -0.25) is 4.79 Å². The molecule has 2 aromatic heterocycles. The maximum Gasteiger partial charge on any atom is 0.261 e. The zero-order valence-electron chi connectivity index (χ0n) is 9.07. The predicted octanol–water partition coefficient (Wildman–Crippen LogP) is 2.60. The Morgan fingerprint density at radius 3 is 3.06 bits per heavy atom. The summed E-state index contributed by atoms with van der Waals surface area (Å²) in [5.74, 6) is 0.943. The number of aromatic nitrogens is 2. The first-order chi connectivity index (χ1) is 8.25. The molecular weight excluding hydrogens is 302 g/mol.